The molecule has 6 heteroatoms. The van der Waals surface area contributed by atoms with E-state index in [2.05, 4.69) is 62.7 Å². The van der Waals surface area contributed by atoms with Crippen LogP contribution in [0, 0.1) is 0 Å². The average molecular weight is 458 g/mol. The molecule has 0 aromatic heterocycles. The van der Waals surface area contributed by atoms with Gasteiger partial charge in [-0.3, -0.25) is 14.5 Å². The Balaban J connectivity index is 1.40. The summed E-state index contributed by atoms with van der Waals surface area (Å²) in [7, 11) is 0. The largest absolute Gasteiger partial charge is 0.354 e. The van der Waals surface area contributed by atoms with E-state index < -0.39 is 0 Å². The van der Waals surface area contributed by atoms with E-state index in [-0.39, 0.29) is 18.2 Å². The number of carbonyl (C=O) groups is 2. The summed E-state index contributed by atoms with van der Waals surface area (Å²) in [5.74, 6) is -0.194. The molecule has 2 aromatic carbocycles. The van der Waals surface area contributed by atoms with Gasteiger partial charge >= 0.3 is 0 Å². The van der Waals surface area contributed by atoms with Gasteiger partial charge in [-0.25, -0.2) is 0 Å². The molecule has 29 heavy (non-hydrogen) atoms. The zero-order valence-corrected chi connectivity index (χ0v) is 18.4. The number of halogens is 1. The topological polar surface area (TPSA) is 61.4 Å². The summed E-state index contributed by atoms with van der Waals surface area (Å²) in [6, 6.07) is 16.1. The van der Waals surface area contributed by atoms with Crippen LogP contribution in [0.5, 0.6) is 0 Å². The van der Waals surface area contributed by atoms with Crippen molar-refractivity contribution >= 4 is 27.7 Å². The van der Waals surface area contributed by atoms with E-state index in [0.717, 1.165) is 30.4 Å². The van der Waals surface area contributed by atoms with E-state index in [9.17, 15) is 9.59 Å². The standard InChI is InChI=1S/C23H28BrN3O2/c1-2-21(27-14-12-17-5-3-4-6-19(17)16-27)15-26-22(28)11-13-25-23(29)18-7-9-20(24)10-8-18/h3-10,21H,2,11-16H2,1H3,(H,25,29)(H,26,28). The van der Waals surface area contributed by atoms with Crippen LogP contribution in [0.1, 0.15) is 41.3 Å². The molecule has 0 spiro atoms. The summed E-state index contributed by atoms with van der Waals surface area (Å²) in [6.45, 7) is 5.09. The Kier molecular flexibility index (Phi) is 7.83. The lowest BCUT2D eigenvalue weighted by Gasteiger charge is -2.35. The molecule has 2 N–H and O–H groups in total. The van der Waals surface area contributed by atoms with Crippen LogP contribution in [0.3, 0.4) is 0 Å². The molecule has 3 rings (SSSR count). The SMILES string of the molecule is CCC(CNC(=O)CCNC(=O)c1ccc(Br)cc1)N1CCc2ccccc2C1. The second-order valence-electron chi connectivity index (χ2n) is 7.37. The molecule has 1 heterocycles. The van der Waals surface area contributed by atoms with Crippen molar-refractivity contribution in [2.45, 2.75) is 38.8 Å². The van der Waals surface area contributed by atoms with Gasteiger partial charge in [-0.05, 0) is 48.2 Å². The fraction of sp³-hybridized carbons (Fsp3) is 0.391. The molecule has 154 valence electrons. The van der Waals surface area contributed by atoms with Gasteiger partial charge in [0, 0.05) is 48.7 Å². The third-order valence-electron chi connectivity index (χ3n) is 5.43. The molecular weight excluding hydrogens is 430 g/mol. The van der Waals surface area contributed by atoms with E-state index in [1.54, 1.807) is 12.1 Å². The molecule has 1 aliphatic rings. The Morgan fingerprint density at radius 2 is 1.79 bits per heavy atom. The Labute approximate surface area is 181 Å². The highest BCUT2D eigenvalue weighted by Gasteiger charge is 2.22. The summed E-state index contributed by atoms with van der Waals surface area (Å²) >= 11 is 3.35. The number of rotatable bonds is 8. The maximum Gasteiger partial charge on any atom is 0.251 e. The maximum atomic E-state index is 12.2. The van der Waals surface area contributed by atoms with Gasteiger partial charge in [0.1, 0.15) is 0 Å². The van der Waals surface area contributed by atoms with Gasteiger partial charge in [-0.1, -0.05) is 47.1 Å². The minimum atomic E-state index is -0.163. The monoisotopic (exact) mass is 457 g/mol. The maximum absolute atomic E-state index is 12.2. The molecule has 0 saturated carbocycles. The predicted molar refractivity (Wildman–Crippen MR) is 119 cm³/mol. The first kappa shape index (κ1) is 21.5. The van der Waals surface area contributed by atoms with Crippen LogP contribution in [0.4, 0.5) is 0 Å². The van der Waals surface area contributed by atoms with Crippen molar-refractivity contribution in [3.63, 3.8) is 0 Å². The highest BCUT2D eigenvalue weighted by molar-refractivity contribution is 9.10. The van der Waals surface area contributed by atoms with E-state index >= 15 is 0 Å². The normalized spacial score (nSPS) is 14.7. The van der Waals surface area contributed by atoms with Crippen molar-refractivity contribution in [2.75, 3.05) is 19.6 Å². The van der Waals surface area contributed by atoms with Crippen LogP contribution in [-0.2, 0) is 17.8 Å². The molecule has 1 aliphatic heterocycles. The lowest BCUT2D eigenvalue weighted by atomic mass is 9.98. The number of nitrogens with zero attached hydrogens (tertiary/aromatic N) is 1. The van der Waals surface area contributed by atoms with Crippen molar-refractivity contribution in [1.82, 2.24) is 15.5 Å². The van der Waals surface area contributed by atoms with E-state index in [0.29, 0.717) is 24.7 Å². The lowest BCUT2D eigenvalue weighted by molar-refractivity contribution is -0.121. The quantitative estimate of drug-likeness (QED) is 0.637. The smallest absolute Gasteiger partial charge is 0.251 e. The van der Waals surface area contributed by atoms with Gasteiger partial charge in [0.05, 0.1) is 0 Å². The number of benzene rings is 2. The van der Waals surface area contributed by atoms with Crippen LogP contribution in [0.25, 0.3) is 0 Å². The third kappa shape index (κ3) is 6.15. The number of fused-ring (bicyclic) bond motifs is 1. The van der Waals surface area contributed by atoms with Crippen molar-refractivity contribution < 1.29 is 9.59 Å². The van der Waals surface area contributed by atoms with Gasteiger partial charge in [-0.15, -0.1) is 0 Å². The minimum absolute atomic E-state index is 0.0306. The average Bonchev–Trinajstić information content (AvgIpc) is 2.74. The summed E-state index contributed by atoms with van der Waals surface area (Å²) in [4.78, 5) is 26.8. The molecule has 0 aliphatic carbocycles. The molecular formula is C23H28BrN3O2. The Hall–Kier alpha value is -2.18. The van der Waals surface area contributed by atoms with Crippen LogP contribution in [0.15, 0.2) is 53.0 Å². The highest BCUT2D eigenvalue weighted by atomic mass is 79.9. The van der Waals surface area contributed by atoms with Crippen LogP contribution in [0.2, 0.25) is 0 Å². The van der Waals surface area contributed by atoms with Crippen LogP contribution >= 0.6 is 15.9 Å². The molecule has 2 aromatic rings. The second kappa shape index (κ2) is 10.6. The van der Waals surface area contributed by atoms with E-state index in [1.807, 2.05) is 12.1 Å². The van der Waals surface area contributed by atoms with Gasteiger partial charge in [0.25, 0.3) is 5.91 Å². The van der Waals surface area contributed by atoms with Gasteiger partial charge in [0.15, 0.2) is 0 Å². The summed E-state index contributed by atoms with van der Waals surface area (Å²) in [6.07, 6.45) is 2.33. The Morgan fingerprint density at radius 3 is 2.52 bits per heavy atom. The molecule has 0 saturated heterocycles. The summed E-state index contributed by atoms with van der Waals surface area (Å²) < 4.78 is 0.927. The Bertz CT molecular complexity index is 838. The molecule has 5 nitrogen and oxygen atoms in total. The highest BCUT2D eigenvalue weighted by Crippen LogP contribution is 2.21. The minimum Gasteiger partial charge on any atom is -0.354 e. The first-order chi connectivity index (χ1) is 14.1. The number of amides is 2. The predicted octanol–water partition coefficient (Wildman–Crippen LogP) is 3.52. The fourth-order valence-electron chi connectivity index (χ4n) is 3.67. The number of hydrogen-bond acceptors (Lipinski definition) is 3. The van der Waals surface area contributed by atoms with E-state index in [4.69, 9.17) is 0 Å². The van der Waals surface area contributed by atoms with Crippen molar-refractivity contribution in [3.8, 4) is 0 Å². The molecule has 1 unspecified atom stereocenters. The van der Waals surface area contributed by atoms with Crippen LogP contribution in [-0.4, -0.2) is 42.4 Å². The van der Waals surface area contributed by atoms with Crippen molar-refractivity contribution in [3.05, 3.63) is 69.7 Å². The fourth-order valence-corrected chi connectivity index (χ4v) is 3.94. The molecule has 0 radical (unpaired) electrons. The zero-order valence-electron chi connectivity index (χ0n) is 16.8. The van der Waals surface area contributed by atoms with E-state index in [1.165, 1.54) is 11.1 Å². The molecule has 2 amide bonds. The third-order valence-corrected chi connectivity index (χ3v) is 5.96. The number of carbonyl (C=O) groups excluding carboxylic acids is 2. The summed E-state index contributed by atoms with van der Waals surface area (Å²) in [5.41, 5.74) is 3.41. The lowest BCUT2D eigenvalue weighted by Crippen LogP contribution is -2.46. The molecule has 1 atom stereocenters. The van der Waals surface area contributed by atoms with Crippen molar-refractivity contribution in [1.29, 1.82) is 0 Å². The number of hydrogen-bond donors (Lipinski definition) is 2. The van der Waals surface area contributed by atoms with Crippen LogP contribution < -0.4 is 10.6 Å². The first-order valence-electron chi connectivity index (χ1n) is 10.2. The van der Waals surface area contributed by atoms with Gasteiger partial charge in [-0.2, -0.15) is 0 Å². The molecule has 0 fully saturated rings. The second-order valence-corrected chi connectivity index (χ2v) is 8.28. The first-order valence-corrected chi connectivity index (χ1v) is 11.0. The van der Waals surface area contributed by atoms with Gasteiger partial charge < -0.3 is 10.6 Å². The zero-order chi connectivity index (χ0) is 20.6. The van der Waals surface area contributed by atoms with Gasteiger partial charge in [0.2, 0.25) is 5.91 Å². The molecule has 0 bridgehead atoms. The summed E-state index contributed by atoms with van der Waals surface area (Å²) in [5, 5.41) is 5.84. The number of nitrogens with one attached hydrogen (secondary N) is 2. The Morgan fingerprint density at radius 1 is 1.07 bits per heavy atom. The van der Waals surface area contributed by atoms with Crippen molar-refractivity contribution in [2.24, 2.45) is 0 Å².